The van der Waals surface area contributed by atoms with Crippen LogP contribution in [0.25, 0.3) is 0 Å². The minimum atomic E-state index is -2.06. The van der Waals surface area contributed by atoms with E-state index in [-0.39, 0.29) is 25.4 Å². The van der Waals surface area contributed by atoms with E-state index < -0.39 is 19.6 Å². The number of esters is 2. The smallest absolute Gasteiger partial charge is 0.465 e. The standard InChI is InChI=1S/C39H77BO7/c1-3-5-7-9-11-13-15-17-19-21-23-25-27-29-31-33-37(41)45-36-35-39(47-40(43)44)46-38(42)34-32-30-28-26-24-22-20-18-16-14-12-10-8-6-4-2/h39,43-44H,3-36H2,1-2H3. The highest BCUT2D eigenvalue weighted by Gasteiger charge is 2.22. The van der Waals surface area contributed by atoms with Crippen LogP contribution >= 0.6 is 0 Å². The molecule has 0 saturated heterocycles. The van der Waals surface area contributed by atoms with E-state index in [4.69, 9.17) is 14.1 Å². The number of unbranched alkanes of at least 4 members (excludes halogenated alkanes) is 28. The Morgan fingerprint density at radius 3 is 1.09 bits per heavy atom. The first-order chi connectivity index (χ1) is 23.0. The first-order valence-corrected chi connectivity index (χ1v) is 20.4. The second kappa shape index (κ2) is 37.7. The summed E-state index contributed by atoms with van der Waals surface area (Å²) >= 11 is 0. The molecule has 0 aromatic heterocycles. The number of carbonyl (C=O) groups excluding carboxylic acids is 2. The number of hydrogen-bond donors (Lipinski definition) is 2. The van der Waals surface area contributed by atoms with Crippen LogP contribution < -0.4 is 0 Å². The number of hydrogen-bond acceptors (Lipinski definition) is 7. The molecule has 0 saturated carbocycles. The molecule has 278 valence electrons. The van der Waals surface area contributed by atoms with Crippen LogP contribution in [0.1, 0.15) is 226 Å². The van der Waals surface area contributed by atoms with E-state index in [1.54, 1.807) is 0 Å². The fourth-order valence-electron chi connectivity index (χ4n) is 6.12. The molecule has 0 aromatic rings. The maximum Gasteiger partial charge on any atom is 0.636 e. The van der Waals surface area contributed by atoms with E-state index >= 15 is 0 Å². The van der Waals surface area contributed by atoms with E-state index in [0.29, 0.717) is 6.42 Å². The SMILES string of the molecule is CCCCCCCCCCCCCCCCCC(=O)OCCC(OB(O)O)OC(=O)CCCCCCCCCCCCCCCCC. The summed E-state index contributed by atoms with van der Waals surface area (Å²) in [4.78, 5) is 24.4. The number of carbonyl (C=O) groups is 2. The molecule has 0 rings (SSSR count). The van der Waals surface area contributed by atoms with Gasteiger partial charge < -0.3 is 24.2 Å². The summed E-state index contributed by atoms with van der Waals surface area (Å²) in [7, 11) is -2.06. The van der Waals surface area contributed by atoms with Crippen molar-refractivity contribution in [1.29, 1.82) is 0 Å². The van der Waals surface area contributed by atoms with Gasteiger partial charge in [-0.25, -0.2) is 0 Å². The van der Waals surface area contributed by atoms with Crippen molar-refractivity contribution in [3.63, 3.8) is 0 Å². The van der Waals surface area contributed by atoms with Gasteiger partial charge in [0, 0.05) is 19.3 Å². The highest BCUT2D eigenvalue weighted by Crippen LogP contribution is 2.16. The molecule has 0 radical (unpaired) electrons. The molecule has 0 bridgehead atoms. The van der Waals surface area contributed by atoms with E-state index in [1.807, 2.05) is 0 Å². The maximum absolute atomic E-state index is 12.3. The third-order valence-electron chi connectivity index (χ3n) is 9.12. The predicted octanol–water partition coefficient (Wildman–Crippen LogP) is 11.3. The van der Waals surface area contributed by atoms with Gasteiger partial charge in [-0.1, -0.05) is 194 Å². The lowest BCUT2D eigenvalue weighted by Crippen LogP contribution is -2.31. The lowest BCUT2D eigenvalue weighted by molar-refractivity contribution is -0.170. The van der Waals surface area contributed by atoms with Crippen molar-refractivity contribution in [2.24, 2.45) is 0 Å². The Morgan fingerprint density at radius 1 is 0.468 bits per heavy atom. The Kier molecular flexibility index (Phi) is 36.8. The summed E-state index contributed by atoms with van der Waals surface area (Å²) in [6.45, 7) is 4.53. The van der Waals surface area contributed by atoms with Crippen molar-refractivity contribution in [2.45, 2.75) is 232 Å². The lowest BCUT2D eigenvalue weighted by atomic mass is 10.0. The first kappa shape index (κ1) is 45.9. The molecule has 1 unspecified atom stereocenters. The fraction of sp³-hybridized carbons (Fsp3) is 0.949. The molecule has 0 amide bonds. The second-order valence-corrected chi connectivity index (χ2v) is 13.8. The van der Waals surface area contributed by atoms with Gasteiger partial charge in [0.25, 0.3) is 0 Å². The third kappa shape index (κ3) is 37.6. The highest BCUT2D eigenvalue weighted by atomic mass is 16.7. The number of rotatable bonds is 38. The molecular weight excluding hydrogens is 591 g/mol. The minimum absolute atomic E-state index is 0.00119. The van der Waals surface area contributed by atoms with Crippen LogP contribution in [0.3, 0.4) is 0 Å². The van der Waals surface area contributed by atoms with Crippen molar-refractivity contribution >= 4 is 19.3 Å². The molecule has 2 N–H and O–H groups in total. The van der Waals surface area contributed by atoms with Crippen LogP contribution in [0.15, 0.2) is 0 Å². The summed E-state index contributed by atoms with van der Waals surface area (Å²) < 4.78 is 15.5. The average Bonchev–Trinajstić information content (AvgIpc) is 3.04. The van der Waals surface area contributed by atoms with Crippen LogP contribution in [0.2, 0.25) is 0 Å². The molecule has 8 heteroatoms. The summed E-state index contributed by atoms with van der Waals surface area (Å²) in [6.07, 6.45) is 37.5. The normalized spacial score (nSPS) is 11.9. The quantitative estimate of drug-likeness (QED) is 0.0292. The van der Waals surface area contributed by atoms with Gasteiger partial charge in [0.15, 0.2) is 6.29 Å². The van der Waals surface area contributed by atoms with Gasteiger partial charge in [-0.2, -0.15) is 0 Å². The van der Waals surface area contributed by atoms with E-state index in [2.05, 4.69) is 13.8 Å². The van der Waals surface area contributed by atoms with E-state index in [1.165, 1.54) is 154 Å². The van der Waals surface area contributed by atoms with Crippen molar-refractivity contribution in [2.75, 3.05) is 6.61 Å². The summed E-state index contributed by atoms with van der Waals surface area (Å²) in [6, 6.07) is 0. The van der Waals surface area contributed by atoms with Crippen LogP contribution in [-0.4, -0.2) is 42.2 Å². The van der Waals surface area contributed by atoms with Crippen LogP contribution in [0.4, 0.5) is 0 Å². The largest absolute Gasteiger partial charge is 0.636 e. The number of ether oxygens (including phenoxy) is 2. The monoisotopic (exact) mass is 669 g/mol. The zero-order chi connectivity index (χ0) is 34.5. The van der Waals surface area contributed by atoms with Gasteiger partial charge >= 0.3 is 19.3 Å². The lowest BCUT2D eigenvalue weighted by Gasteiger charge is -2.18. The average molecular weight is 669 g/mol. The first-order valence-electron chi connectivity index (χ1n) is 20.4. The molecule has 1 atom stereocenters. The van der Waals surface area contributed by atoms with Gasteiger partial charge in [-0.3, -0.25) is 9.59 Å². The van der Waals surface area contributed by atoms with Crippen molar-refractivity contribution in [3.8, 4) is 0 Å². The molecule has 0 aliphatic carbocycles. The Balaban J connectivity index is 3.68. The van der Waals surface area contributed by atoms with E-state index in [0.717, 1.165) is 38.5 Å². The Hall–Kier alpha value is -1.12. The summed E-state index contributed by atoms with van der Waals surface area (Å²) in [5.41, 5.74) is 0. The zero-order valence-corrected chi connectivity index (χ0v) is 31.1. The Morgan fingerprint density at radius 2 is 0.766 bits per heavy atom. The van der Waals surface area contributed by atoms with E-state index in [9.17, 15) is 19.6 Å². The van der Waals surface area contributed by atoms with Gasteiger partial charge in [-0.05, 0) is 12.8 Å². The molecule has 0 spiro atoms. The fourth-order valence-corrected chi connectivity index (χ4v) is 6.12. The minimum Gasteiger partial charge on any atom is -0.465 e. The molecule has 7 nitrogen and oxygen atoms in total. The topological polar surface area (TPSA) is 102 Å². The van der Waals surface area contributed by atoms with Crippen molar-refractivity contribution < 1.29 is 33.8 Å². The Labute approximate surface area is 291 Å². The molecule has 0 heterocycles. The highest BCUT2D eigenvalue weighted by molar-refractivity contribution is 6.32. The van der Waals surface area contributed by atoms with Crippen molar-refractivity contribution in [3.05, 3.63) is 0 Å². The molecule has 0 fully saturated rings. The van der Waals surface area contributed by atoms with Gasteiger partial charge in [-0.15, -0.1) is 0 Å². The van der Waals surface area contributed by atoms with Gasteiger partial charge in [0.2, 0.25) is 0 Å². The zero-order valence-electron chi connectivity index (χ0n) is 31.1. The van der Waals surface area contributed by atoms with Crippen LogP contribution in [0.5, 0.6) is 0 Å². The molecule has 0 aromatic carbocycles. The molecule has 0 aliphatic heterocycles. The second-order valence-electron chi connectivity index (χ2n) is 13.8. The molecule has 47 heavy (non-hydrogen) atoms. The van der Waals surface area contributed by atoms with Crippen molar-refractivity contribution in [1.82, 2.24) is 0 Å². The van der Waals surface area contributed by atoms with Gasteiger partial charge in [0.05, 0.1) is 6.61 Å². The van der Waals surface area contributed by atoms with Crippen LogP contribution in [0, 0.1) is 0 Å². The third-order valence-corrected chi connectivity index (χ3v) is 9.12. The van der Waals surface area contributed by atoms with Crippen LogP contribution in [-0.2, 0) is 23.7 Å². The summed E-state index contributed by atoms with van der Waals surface area (Å²) in [5, 5.41) is 18.4. The Bertz CT molecular complexity index is 661. The predicted molar refractivity (Wildman–Crippen MR) is 196 cm³/mol. The molecule has 0 aliphatic rings. The van der Waals surface area contributed by atoms with Gasteiger partial charge in [0.1, 0.15) is 0 Å². The maximum atomic E-state index is 12.3. The molecular formula is C39H77BO7. The summed E-state index contributed by atoms with van der Waals surface area (Å²) in [5.74, 6) is -0.721.